The Balaban J connectivity index is 3.10. The number of nitrogens with zero attached hydrogens (tertiary/aromatic N) is 1. The van der Waals surface area contributed by atoms with Crippen molar-refractivity contribution in [1.82, 2.24) is 0 Å². The standard InChI is InChI=1S/C9H8BrFN2O/c10-6-3-5(8(13)1-2-12)9(14)4-7(6)11/h3-4,8,14H,1,13H2/t8-/m1/s1. The summed E-state index contributed by atoms with van der Waals surface area (Å²) < 4.78 is 13.1. The van der Waals surface area contributed by atoms with Gasteiger partial charge in [0.25, 0.3) is 0 Å². The number of hydrogen-bond acceptors (Lipinski definition) is 3. The zero-order valence-electron chi connectivity index (χ0n) is 7.17. The molecule has 5 heteroatoms. The van der Waals surface area contributed by atoms with Gasteiger partial charge in [-0.25, -0.2) is 4.39 Å². The Kier molecular flexibility index (Phi) is 3.44. The van der Waals surface area contributed by atoms with Crippen molar-refractivity contribution in [3.63, 3.8) is 0 Å². The number of phenolic OH excluding ortho intramolecular Hbond substituents is 1. The van der Waals surface area contributed by atoms with Crippen LogP contribution in [0.4, 0.5) is 4.39 Å². The second-order valence-corrected chi connectivity index (χ2v) is 3.65. The van der Waals surface area contributed by atoms with E-state index in [9.17, 15) is 9.50 Å². The molecule has 1 rings (SSSR count). The van der Waals surface area contributed by atoms with E-state index in [2.05, 4.69) is 15.9 Å². The Labute approximate surface area is 89.1 Å². The molecule has 0 amide bonds. The van der Waals surface area contributed by atoms with Crippen molar-refractivity contribution in [2.24, 2.45) is 5.73 Å². The van der Waals surface area contributed by atoms with Crippen molar-refractivity contribution < 1.29 is 9.50 Å². The molecule has 0 heterocycles. The lowest BCUT2D eigenvalue weighted by Gasteiger charge is -2.10. The fourth-order valence-corrected chi connectivity index (χ4v) is 1.42. The second-order valence-electron chi connectivity index (χ2n) is 2.79. The Morgan fingerprint density at radius 1 is 1.64 bits per heavy atom. The molecular weight excluding hydrogens is 251 g/mol. The smallest absolute Gasteiger partial charge is 0.141 e. The summed E-state index contributed by atoms with van der Waals surface area (Å²) in [4.78, 5) is 0. The van der Waals surface area contributed by atoms with Crippen LogP contribution in [0.1, 0.15) is 18.0 Å². The van der Waals surface area contributed by atoms with Crippen LogP contribution < -0.4 is 5.73 Å². The molecule has 1 aromatic carbocycles. The van der Waals surface area contributed by atoms with Crippen LogP contribution in [-0.4, -0.2) is 5.11 Å². The van der Waals surface area contributed by atoms with E-state index >= 15 is 0 Å². The summed E-state index contributed by atoms with van der Waals surface area (Å²) >= 11 is 2.98. The first-order valence-corrected chi connectivity index (χ1v) is 4.66. The third-order valence-electron chi connectivity index (χ3n) is 1.78. The predicted molar refractivity (Wildman–Crippen MR) is 52.9 cm³/mol. The van der Waals surface area contributed by atoms with Gasteiger partial charge >= 0.3 is 0 Å². The summed E-state index contributed by atoms with van der Waals surface area (Å²) in [5, 5.41) is 17.8. The summed E-state index contributed by atoms with van der Waals surface area (Å²) in [6.07, 6.45) is 0.0750. The van der Waals surface area contributed by atoms with Gasteiger partial charge in [0.05, 0.1) is 17.0 Å². The summed E-state index contributed by atoms with van der Waals surface area (Å²) in [5.74, 6) is -0.788. The first-order valence-electron chi connectivity index (χ1n) is 3.86. The van der Waals surface area contributed by atoms with Crippen molar-refractivity contribution in [2.45, 2.75) is 12.5 Å². The molecule has 3 nitrogen and oxygen atoms in total. The van der Waals surface area contributed by atoms with E-state index in [4.69, 9.17) is 11.0 Å². The van der Waals surface area contributed by atoms with Crippen LogP contribution in [0.25, 0.3) is 0 Å². The minimum atomic E-state index is -0.600. The highest BCUT2D eigenvalue weighted by Gasteiger charge is 2.13. The molecule has 0 bridgehead atoms. The van der Waals surface area contributed by atoms with Crippen molar-refractivity contribution in [2.75, 3.05) is 0 Å². The first kappa shape index (κ1) is 11.0. The van der Waals surface area contributed by atoms with Gasteiger partial charge < -0.3 is 10.8 Å². The Bertz CT molecular complexity index is 389. The molecule has 1 aromatic rings. The van der Waals surface area contributed by atoms with E-state index in [1.54, 1.807) is 0 Å². The maximum Gasteiger partial charge on any atom is 0.141 e. The zero-order valence-corrected chi connectivity index (χ0v) is 8.75. The van der Waals surface area contributed by atoms with Crippen molar-refractivity contribution >= 4 is 15.9 Å². The molecular formula is C9H8BrFN2O. The SMILES string of the molecule is N#CC[C@@H](N)c1cc(Br)c(F)cc1O. The maximum absolute atomic E-state index is 12.9. The lowest BCUT2D eigenvalue weighted by molar-refractivity contribution is 0.455. The normalized spacial score (nSPS) is 12.1. The van der Waals surface area contributed by atoms with Gasteiger partial charge in [0.15, 0.2) is 0 Å². The van der Waals surface area contributed by atoms with Crippen LogP contribution >= 0.6 is 15.9 Å². The molecule has 0 aromatic heterocycles. The molecule has 14 heavy (non-hydrogen) atoms. The van der Waals surface area contributed by atoms with Crippen LogP contribution in [0.5, 0.6) is 5.75 Å². The highest BCUT2D eigenvalue weighted by molar-refractivity contribution is 9.10. The molecule has 0 fully saturated rings. The molecule has 0 saturated heterocycles. The monoisotopic (exact) mass is 258 g/mol. The molecule has 0 aliphatic carbocycles. The molecule has 0 spiro atoms. The maximum atomic E-state index is 12.9. The van der Waals surface area contributed by atoms with Gasteiger partial charge in [0.2, 0.25) is 0 Å². The third kappa shape index (κ3) is 2.22. The number of benzene rings is 1. The van der Waals surface area contributed by atoms with Crippen molar-refractivity contribution in [1.29, 1.82) is 5.26 Å². The molecule has 0 aliphatic heterocycles. The average molecular weight is 259 g/mol. The molecule has 3 N–H and O–H groups in total. The van der Waals surface area contributed by atoms with E-state index in [0.717, 1.165) is 6.07 Å². The van der Waals surface area contributed by atoms with Crippen LogP contribution in [0.15, 0.2) is 16.6 Å². The minimum Gasteiger partial charge on any atom is -0.508 e. The summed E-state index contributed by atoms with van der Waals surface area (Å²) in [7, 11) is 0. The van der Waals surface area contributed by atoms with E-state index in [-0.39, 0.29) is 16.6 Å². The Morgan fingerprint density at radius 3 is 2.86 bits per heavy atom. The average Bonchev–Trinajstić information content (AvgIpc) is 2.11. The quantitative estimate of drug-likeness (QED) is 0.855. The van der Waals surface area contributed by atoms with Gasteiger partial charge in [0.1, 0.15) is 11.6 Å². The van der Waals surface area contributed by atoms with Crippen molar-refractivity contribution in [3.05, 3.63) is 28.0 Å². The summed E-state index contributed by atoms with van der Waals surface area (Å²) in [5.41, 5.74) is 5.96. The van der Waals surface area contributed by atoms with Crippen LogP contribution in [0.2, 0.25) is 0 Å². The number of nitriles is 1. The van der Waals surface area contributed by atoms with Crippen LogP contribution in [0.3, 0.4) is 0 Å². The van der Waals surface area contributed by atoms with Gasteiger partial charge in [-0.05, 0) is 22.0 Å². The van der Waals surface area contributed by atoms with E-state index in [0.29, 0.717) is 5.56 Å². The number of aromatic hydroxyl groups is 1. The number of rotatable bonds is 2. The third-order valence-corrected chi connectivity index (χ3v) is 2.39. The lowest BCUT2D eigenvalue weighted by Crippen LogP contribution is -2.09. The Morgan fingerprint density at radius 2 is 2.29 bits per heavy atom. The zero-order chi connectivity index (χ0) is 10.7. The van der Waals surface area contributed by atoms with E-state index < -0.39 is 11.9 Å². The van der Waals surface area contributed by atoms with Gasteiger partial charge in [0, 0.05) is 17.7 Å². The van der Waals surface area contributed by atoms with Gasteiger partial charge in [-0.2, -0.15) is 5.26 Å². The minimum absolute atomic E-state index is 0.0750. The fourth-order valence-electron chi connectivity index (χ4n) is 1.06. The molecule has 74 valence electrons. The molecule has 0 aliphatic rings. The number of hydrogen-bond donors (Lipinski definition) is 2. The summed E-state index contributed by atoms with van der Waals surface area (Å²) in [6.45, 7) is 0. The van der Waals surface area contributed by atoms with Crippen LogP contribution in [-0.2, 0) is 0 Å². The van der Waals surface area contributed by atoms with Gasteiger partial charge in [-0.3, -0.25) is 0 Å². The molecule has 0 unspecified atom stereocenters. The Hall–Kier alpha value is -1.12. The first-order chi connectivity index (χ1) is 6.56. The number of halogens is 2. The largest absolute Gasteiger partial charge is 0.508 e. The number of phenols is 1. The highest BCUT2D eigenvalue weighted by Crippen LogP contribution is 2.29. The number of nitrogens with two attached hydrogens (primary N) is 1. The second kappa shape index (κ2) is 4.40. The predicted octanol–water partition coefficient (Wildman–Crippen LogP) is 2.21. The van der Waals surface area contributed by atoms with E-state index in [1.807, 2.05) is 6.07 Å². The van der Waals surface area contributed by atoms with Crippen LogP contribution in [0, 0.1) is 17.1 Å². The van der Waals surface area contributed by atoms with Gasteiger partial charge in [-0.1, -0.05) is 0 Å². The topological polar surface area (TPSA) is 70.0 Å². The van der Waals surface area contributed by atoms with Gasteiger partial charge in [-0.15, -0.1) is 0 Å². The van der Waals surface area contributed by atoms with E-state index in [1.165, 1.54) is 6.07 Å². The lowest BCUT2D eigenvalue weighted by atomic mass is 10.0. The molecule has 1 atom stereocenters. The fraction of sp³-hybridized carbons (Fsp3) is 0.222. The summed E-state index contributed by atoms with van der Waals surface area (Å²) in [6, 6.07) is 3.63. The molecule has 0 radical (unpaired) electrons. The van der Waals surface area contributed by atoms with Crippen molar-refractivity contribution in [3.8, 4) is 11.8 Å². The highest BCUT2D eigenvalue weighted by atomic mass is 79.9. The molecule has 0 saturated carbocycles.